The topological polar surface area (TPSA) is 26.3 Å². The predicted octanol–water partition coefficient (Wildman–Crippen LogP) is 4.46. The Balaban J connectivity index is 2.19. The van der Waals surface area contributed by atoms with E-state index in [4.69, 9.17) is 4.74 Å². The zero-order valence-electron chi connectivity index (χ0n) is 12.7. The molecule has 2 rings (SSSR count). The monoisotopic (exact) mass is 272 g/mol. The standard InChI is InChI=1S/C18H24O2/c1-17(13-10-15-8-5-4-6-9-15)11-7-12-18(17,2)14-16(19)20-3/h4-6,8-10,13H,7,11-12,14H2,1-3H3/b13-10+/t17-,18+/m1/s1. The van der Waals surface area contributed by atoms with Crippen molar-refractivity contribution >= 4 is 12.0 Å². The smallest absolute Gasteiger partial charge is 0.306 e. The SMILES string of the molecule is COC(=O)C[C@]1(C)CCC[C@]1(C)/C=C/c1ccccc1. The fourth-order valence-corrected chi connectivity index (χ4v) is 3.24. The van der Waals surface area contributed by atoms with E-state index in [0.717, 1.165) is 12.8 Å². The minimum atomic E-state index is -0.103. The maximum atomic E-state index is 11.7. The number of benzene rings is 1. The molecule has 0 bridgehead atoms. The molecule has 1 aliphatic carbocycles. The Labute approximate surface area is 121 Å². The molecule has 0 aliphatic heterocycles. The number of carbonyl (C=O) groups excluding carboxylic acids is 1. The Bertz CT molecular complexity index is 491. The van der Waals surface area contributed by atoms with Crippen molar-refractivity contribution in [1.82, 2.24) is 0 Å². The van der Waals surface area contributed by atoms with Crippen LogP contribution < -0.4 is 0 Å². The van der Waals surface area contributed by atoms with Crippen LogP contribution in [0.15, 0.2) is 36.4 Å². The molecule has 0 saturated heterocycles. The van der Waals surface area contributed by atoms with Crippen LogP contribution in [0.3, 0.4) is 0 Å². The Morgan fingerprint density at radius 3 is 2.60 bits per heavy atom. The zero-order chi connectivity index (χ0) is 14.6. The van der Waals surface area contributed by atoms with Crippen LogP contribution in [0, 0.1) is 10.8 Å². The maximum absolute atomic E-state index is 11.7. The first kappa shape index (κ1) is 14.8. The molecule has 1 saturated carbocycles. The number of ether oxygens (including phenoxy) is 1. The highest BCUT2D eigenvalue weighted by molar-refractivity contribution is 5.70. The predicted molar refractivity (Wildman–Crippen MR) is 82.2 cm³/mol. The van der Waals surface area contributed by atoms with E-state index in [1.54, 1.807) is 0 Å². The third kappa shape index (κ3) is 2.95. The van der Waals surface area contributed by atoms with E-state index in [0.29, 0.717) is 6.42 Å². The van der Waals surface area contributed by atoms with Gasteiger partial charge in [-0.25, -0.2) is 0 Å². The van der Waals surface area contributed by atoms with Gasteiger partial charge in [-0.15, -0.1) is 0 Å². The molecule has 2 heteroatoms. The van der Waals surface area contributed by atoms with Gasteiger partial charge in [-0.05, 0) is 29.2 Å². The number of hydrogen-bond donors (Lipinski definition) is 0. The van der Waals surface area contributed by atoms with Crippen LogP contribution in [0.25, 0.3) is 6.08 Å². The fourth-order valence-electron chi connectivity index (χ4n) is 3.24. The van der Waals surface area contributed by atoms with E-state index in [1.165, 1.54) is 19.1 Å². The lowest BCUT2D eigenvalue weighted by Gasteiger charge is -2.38. The minimum Gasteiger partial charge on any atom is -0.469 e. The molecule has 2 nitrogen and oxygen atoms in total. The largest absolute Gasteiger partial charge is 0.469 e. The third-order valence-electron chi connectivity index (χ3n) is 5.01. The molecule has 1 aromatic rings. The Morgan fingerprint density at radius 1 is 1.25 bits per heavy atom. The number of rotatable bonds is 4. The Morgan fingerprint density at radius 2 is 1.95 bits per heavy atom. The van der Waals surface area contributed by atoms with E-state index < -0.39 is 0 Å². The van der Waals surface area contributed by atoms with Crippen molar-refractivity contribution in [3.05, 3.63) is 42.0 Å². The lowest BCUT2D eigenvalue weighted by Crippen LogP contribution is -2.33. The molecule has 1 fully saturated rings. The summed E-state index contributed by atoms with van der Waals surface area (Å²) in [4.78, 5) is 11.7. The minimum absolute atomic E-state index is 0.00856. The second-order valence-electron chi connectivity index (χ2n) is 6.33. The summed E-state index contributed by atoms with van der Waals surface area (Å²) in [6.45, 7) is 4.48. The van der Waals surface area contributed by atoms with E-state index >= 15 is 0 Å². The van der Waals surface area contributed by atoms with Gasteiger partial charge in [0.1, 0.15) is 0 Å². The summed E-state index contributed by atoms with van der Waals surface area (Å²) < 4.78 is 4.87. The van der Waals surface area contributed by atoms with Gasteiger partial charge in [0.05, 0.1) is 13.5 Å². The van der Waals surface area contributed by atoms with Gasteiger partial charge in [-0.1, -0.05) is 62.8 Å². The summed E-state index contributed by atoms with van der Waals surface area (Å²) in [6.07, 6.45) is 8.35. The first-order valence-electron chi connectivity index (χ1n) is 7.30. The van der Waals surface area contributed by atoms with Gasteiger partial charge in [-0.3, -0.25) is 4.79 Å². The molecule has 20 heavy (non-hydrogen) atoms. The van der Waals surface area contributed by atoms with Crippen LogP contribution in [-0.2, 0) is 9.53 Å². The van der Waals surface area contributed by atoms with Gasteiger partial charge < -0.3 is 4.74 Å². The van der Waals surface area contributed by atoms with Crippen LogP contribution in [0.5, 0.6) is 0 Å². The molecular formula is C18H24O2. The van der Waals surface area contributed by atoms with Crippen molar-refractivity contribution in [2.24, 2.45) is 10.8 Å². The molecule has 0 heterocycles. The lowest BCUT2D eigenvalue weighted by molar-refractivity contribution is -0.144. The van der Waals surface area contributed by atoms with Crippen LogP contribution in [0.1, 0.15) is 45.1 Å². The number of allylic oxidation sites excluding steroid dienone is 1. The van der Waals surface area contributed by atoms with Gasteiger partial charge in [-0.2, -0.15) is 0 Å². The average Bonchev–Trinajstić information content (AvgIpc) is 2.73. The van der Waals surface area contributed by atoms with Crippen LogP contribution in [0.2, 0.25) is 0 Å². The van der Waals surface area contributed by atoms with Gasteiger partial charge in [0, 0.05) is 0 Å². The Hall–Kier alpha value is -1.57. The van der Waals surface area contributed by atoms with Crippen LogP contribution in [0.4, 0.5) is 0 Å². The highest BCUT2D eigenvalue weighted by atomic mass is 16.5. The molecule has 108 valence electrons. The molecule has 0 spiro atoms. The summed E-state index contributed by atoms with van der Waals surface area (Å²) in [5.74, 6) is -0.103. The van der Waals surface area contributed by atoms with Crippen LogP contribution >= 0.6 is 0 Å². The number of hydrogen-bond acceptors (Lipinski definition) is 2. The van der Waals surface area contributed by atoms with Gasteiger partial charge in [0.2, 0.25) is 0 Å². The molecule has 2 atom stereocenters. The number of methoxy groups -OCH3 is 1. The average molecular weight is 272 g/mol. The molecule has 1 aromatic carbocycles. The summed E-state index contributed by atoms with van der Waals surface area (Å²) in [5, 5.41) is 0. The highest BCUT2D eigenvalue weighted by Crippen LogP contribution is 2.55. The summed E-state index contributed by atoms with van der Waals surface area (Å²) in [6, 6.07) is 10.3. The van der Waals surface area contributed by atoms with Crippen LogP contribution in [-0.4, -0.2) is 13.1 Å². The summed E-state index contributed by atoms with van der Waals surface area (Å²) in [5.41, 5.74) is 1.25. The molecule has 0 radical (unpaired) electrons. The molecule has 0 unspecified atom stereocenters. The van der Waals surface area contributed by atoms with Crippen molar-refractivity contribution < 1.29 is 9.53 Å². The van der Waals surface area contributed by atoms with E-state index in [-0.39, 0.29) is 16.8 Å². The summed E-state index contributed by atoms with van der Waals surface area (Å²) in [7, 11) is 1.47. The highest BCUT2D eigenvalue weighted by Gasteiger charge is 2.47. The van der Waals surface area contributed by atoms with Crippen molar-refractivity contribution in [1.29, 1.82) is 0 Å². The third-order valence-corrected chi connectivity index (χ3v) is 5.01. The molecule has 0 amide bonds. The van der Waals surface area contributed by atoms with Crippen molar-refractivity contribution in [3.63, 3.8) is 0 Å². The Kier molecular flexibility index (Phi) is 4.32. The van der Waals surface area contributed by atoms with Crippen molar-refractivity contribution in [3.8, 4) is 0 Å². The maximum Gasteiger partial charge on any atom is 0.306 e. The van der Waals surface area contributed by atoms with Gasteiger partial charge in [0.15, 0.2) is 0 Å². The summed E-state index contributed by atoms with van der Waals surface area (Å²) >= 11 is 0. The normalized spacial score (nSPS) is 29.8. The first-order chi connectivity index (χ1) is 9.49. The number of esters is 1. The molecule has 1 aliphatic rings. The second kappa shape index (κ2) is 5.82. The second-order valence-corrected chi connectivity index (χ2v) is 6.33. The van der Waals surface area contributed by atoms with E-state index in [1.807, 2.05) is 18.2 Å². The quantitative estimate of drug-likeness (QED) is 0.756. The van der Waals surface area contributed by atoms with Gasteiger partial charge >= 0.3 is 5.97 Å². The molecular weight excluding hydrogens is 248 g/mol. The van der Waals surface area contributed by atoms with Crippen molar-refractivity contribution in [2.75, 3.05) is 7.11 Å². The lowest BCUT2D eigenvalue weighted by atomic mass is 9.66. The van der Waals surface area contributed by atoms with Crippen molar-refractivity contribution in [2.45, 2.75) is 39.5 Å². The fraction of sp³-hybridized carbons (Fsp3) is 0.500. The van der Waals surface area contributed by atoms with E-state index in [2.05, 4.69) is 38.1 Å². The van der Waals surface area contributed by atoms with E-state index in [9.17, 15) is 4.79 Å². The molecule has 0 N–H and O–H groups in total. The molecule has 0 aromatic heterocycles. The zero-order valence-corrected chi connectivity index (χ0v) is 12.7. The van der Waals surface area contributed by atoms with Gasteiger partial charge in [0.25, 0.3) is 0 Å². The first-order valence-corrected chi connectivity index (χ1v) is 7.30. The number of carbonyl (C=O) groups is 1.